The highest BCUT2D eigenvalue weighted by atomic mass is 35.5. The molecule has 0 bridgehead atoms. The third kappa shape index (κ3) is 3.48. The summed E-state index contributed by atoms with van der Waals surface area (Å²) in [4.78, 5) is 4.46. The number of anilines is 1. The van der Waals surface area contributed by atoms with Crippen LogP contribution in [-0.4, -0.2) is 16.7 Å². The zero-order valence-electron chi connectivity index (χ0n) is 13.1. The highest BCUT2D eigenvalue weighted by Crippen LogP contribution is 2.24. The Morgan fingerprint density at radius 1 is 1.09 bits per heavy atom. The Labute approximate surface area is 140 Å². The van der Waals surface area contributed by atoms with E-state index in [1.54, 1.807) is 7.11 Å². The molecule has 3 rings (SSSR count). The second kappa shape index (κ2) is 6.75. The smallest absolute Gasteiger partial charge is 0.203 e. The number of imidazole rings is 1. The molecule has 0 amide bonds. The van der Waals surface area contributed by atoms with Crippen LogP contribution in [0.5, 0.6) is 5.75 Å². The normalized spacial score (nSPS) is 10.6. The Balaban J connectivity index is 1.74. The predicted octanol–water partition coefficient (Wildman–Crippen LogP) is 4.36. The molecule has 0 saturated carbocycles. The van der Waals surface area contributed by atoms with Crippen molar-refractivity contribution in [2.24, 2.45) is 7.05 Å². The van der Waals surface area contributed by atoms with Crippen LogP contribution in [0.3, 0.4) is 0 Å². The largest absolute Gasteiger partial charge is 0.497 e. The van der Waals surface area contributed by atoms with Crippen molar-refractivity contribution < 1.29 is 4.74 Å². The first-order valence-corrected chi connectivity index (χ1v) is 7.69. The van der Waals surface area contributed by atoms with E-state index in [1.807, 2.05) is 66.3 Å². The molecule has 1 heterocycles. The van der Waals surface area contributed by atoms with Crippen LogP contribution in [0.25, 0.3) is 11.3 Å². The van der Waals surface area contributed by atoms with Gasteiger partial charge in [-0.2, -0.15) is 0 Å². The number of hydrogen-bond acceptors (Lipinski definition) is 3. The fourth-order valence-corrected chi connectivity index (χ4v) is 2.51. The standard InChI is InChI=1S/C18H18ClN3O/c1-22-17(14-5-9-16(23-2)10-6-14)12-21-18(22)20-11-13-3-7-15(19)8-4-13/h3-10,12H,11H2,1-2H3,(H,20,21). The van der Waals surface area contributed by atoms with Crippen molar-refractivity contribution in [3.63, 3.8) is 0 Å². The first-order chi connectivity index (χ1) is 11.2. The molecule has 0 spiro atoms. The second-order valence-corrected chi connectivity index (χ2v) is 5.67. The second-order valence-electron chi connectivity index (χ2n) is 5.23. The summed E-state index contributed by atoms with van der Waals surface area (Å²) in [5.41, 5.74) is 3.30. The van der Waals surface area contributed by atoms with Crippen molar-refractivity contribution in [2.75, 3.05) is 12.4 Å². The molecule has 5 heteroatoms. The maximum Gasteiger partial charge on any atom is 0.203 e. The molecule has 2 aromatic carbocycles. The van der Waals surface area contributed by atoms with Crippen LogP contribution in [-0.2, 0) is 13.6 Å². The van der Waals surface area contributed by atoms with Crippen LogP contribution in [0.2, 0.25) is 5.02 Å². The van der Waals surface area contributed by atoms with E-state index in [4.69, 9.17) is 16.3 Å². The number of hydrogen-bond donors (Lipinski definition) is 1. The molecule has 0 fully saturated rings. The van der Waals surface area contributed by atoms with Gasteiger partial charge in [-0.15, -0.1) is 0 Å². The molecule has 23 heavy (non-hydrogen) atoms. The van der Waals surface area contributed by atoms with Gasteiger partial charge in [-0.1, -0.05) is 23.7 Å². The third-order valence-electron chi connectivity index (χ3n) is 3.74. The lowest BCUT2D eigenvalue weighted by Gasteiger charge is -2.09. The summed E-state index contributed by atoms with van der Waals surface area (Å²) in [6.45, 7) is 0.698. The first kappa shape index (κ1) is 15.4. The average Bonchev–Trinajstić information content (AvgIpc) is 2.95. The van der Waals surface area contributed by atoms with Gasteiger partial charge in [0.25, 0.3) is 0 Å². The van der Waals surface area contributed by atoms with E-state index in [0.29, 0.717) is 6.54 Å². The van der Waals surface area contributed by atoms with Gasteiger partial charge in [0.05, 0.1) is 19.0 Å². The Kier molecular flexibility index (Phi) is 4.53. The lowest BCUT2D eigenvalue weighted by atomic mass is 10.1. The average molecular weight is 328 g/mol. The minimum absolute atomic E-state index is 0.698. The molecule has 1 N–H and O–H groups in total. The van der Waals surface area contributed by atoms with Gasteiger partial charge in [-0.3, -0.25) is 0 Å². The Morgan fingerprint density at radius 3 is 2.43 bits per heavy atom. The highest BCUT2D eigenvalue weighted by Gasteiger charge is 2.08. The van der Waals surface area contributed by atoms with Crippen LogP contribution < -0.4 is 10.1 Å². The summed E-state index contributed by atoms with van der Waals surface area (Å²) < 4.78 is 7.23. The third-order valence-corrected chi connectivity index (χ3v) is 3.99. The molecule has 118 valence electrons. The molecular formula is C18H18ClN3O. The molecule has 0 atom stereocenters. The summed E-state index contributed by atoms with van der Waals surface area (Å²) in [7, 11) is 3.66. The number of methoxy groups -OCH3 is 1. The molecule has 0 unspecified atom stereocenters. The van der Waals surface area contributed by atoms with Gasteiger partial charge in [0, 0.05) is 24.2 Å². The summed E-state index contributed by atoms with van der Waals surface area (Å²) in [5, 5.41) is 4.09. The van der Waals surface area contributed by atoms with Crippen molar-refractivity contribution >= 4 is 17.5 Å². The predicted molar refractivity (Wildman–Crippen MR) is 94.0 cm³/mol. The van der Waals surface area contributed by atoms with Crippen molar-refractivity contribution in [2.45, 2.75) is 6.54 Å². The first-order valence-electron chi connectivity index (χ1n) is 7.32. The molecule has 4 nitrogen and oxygen atoms in total. The van der Waals surface area contributed by atoms with Crippen molar-refractivity contribution in [1.29, 1.82) is 0 Å². The molecule has 0 aliphatic carbocycles. The van der Waals surface area contributed by atoms with Gasteiger partial charge in [0.2, 0.25) is 5.95 Å². The van der Waals surface area contributed by atoms with Crippen molar-refractivity contribution in [3.05, 3.63) is 65.3 Å². The SMILES string of the molecule is COc1ccc(-c2cnc(NCc3ccc(Cl)cc3)n2C)cc1. The highest BCUT2D eigenvalue weighted by molar-refractivity contribution is 6.30. The van der Waals surface area contributed by atoms with E-state index >= 15 is 0 Å². The zero-order chi connectivity index (χ0) is 16.2. The lowest BCUT2D eigenvalue weighted by Crippen LogP contribution is -2.05. The van der Waals surface area contributed by atoms with E-state index in [9.17, 15) is 0 Å². The zero-order valence-corrected chi connectivity index (χ0v) is 13.8. The van der Waals surface area contributed by atoms with Gasteiger partial charge in [0.15, 0.2) is 0 Å². The maximum atomic E-state index is 5.90. The van der Waals surface area contributed by atoms with Crippen molar-refractivity contribution in [3.8, 4) is 17.0 Å². The molecular weight excluding hydrogens is 310 g/mol. The maximum absolute atomic E-state index is 5.90. The molecule has 0 saturated heterocycles. The van der Waals surface area contributed by atoms with Crippen LogP contribution in [0.4, 0.5) is 5.95 Å². The Hall–Kier alpha value is -2.46. The molecule has 0 radical (unpaired) electrons. The number of halogens is 1. The topological polar surface area (TPSA) is 39.1 Å². The number of rotatable bonds is 5. The van der Waals surface area contributed by atoms with Gasteiger partial charge >= 0.3 is 0 Å². The number of ether oxygens (including phenoxy) is 1. The van der Waals surface area contributed by atoms with Crippen LogP contribution >= 0.6 is 11.6 Å². The van der Waals surface area contributed by atoms with E-state index in [-0.39, 0.29) is 0 Å². The molecule has 0 aliphatic heterocycles. The number of nitrogens with zero attached hydrogens (tertiary/aromatic N) is 2. The van der Waals surface area contributed by atoms with E-state index in [2.05, 4.69) is 10.3 Å². The van der Waals surface area contributed by atoms with Gasteiger partial charge in [0.1, 0.15) is 5.75 Å². The summed E-state index contributed by atoms with van der Waals surface area (Å²) in [6.07, 6.45) is 1.87. The van der Waals surface area contributed by atoms with Crippen LogP contribution in [0.15, 0.2) is 54.7 Å². The lowest BCUT2D eigenvalue weighted by molar-refractivity contribution is 0.415. The monoisotopic (exact) mass is 327 g/mol. The van der Waals surface area contributed by atoms with E-state index < -0.39 is 0 Å². The minimum Gasteiger partial charge on any atom is -0.497 e. The minimum atomic E-state index is 0.698. The van der Waals surface area contributed by atoms with Crippen LogP contribution in [0.1, 0.15) is 5.56 Å². The molecule has 0 aliphatic rings. The van der Waals surface area contributed by atoms with Gasteiger partial charge in [-0.05, 0) is 42.0 Å². The fraction of sp³-hybridized carbons (Fsp3) is 0.167. The number of benzene rings is 2. The van der Waals surface area contributed by atoms with E-state index in [1.165, 1.54) is 0 Å². The van der Waals surface area contributed by atoms with E-state index in [0.717, 1.165) is 33.5 Å². The summed E-state index contributed by atoms with van der Waals surface area (Å²) >= 11 is 5.90. The van der Waals surface area contributed by atoms with Gasteiger partial charge in [-0.25, -0.2) is 4.98 Å². The fourth-order valence-electron chi connectivity index (χ4n) is 2.39. The van der Waals surface area contributed by atoms with Crippen molar-refractivity contribution in [1.82, 2.24) is 9.55 Å². The summed E-state index contributed by atoms with van der Waals surface area (Å²) in [5.74, 6) is 1.67. The Morgan fingerprint density at radius 2 is 1.78 bits per heavy atom. The summed E-state index contributed by atoms with van der Waals surface area (Å²) in [6, 6.07) is 15.7. The Bertz CT molecular complexity index is 779. The van der Waals surface area contributed by atoms with Gasteiger partial charge < -0.3 is 14.6 Å². The number of nitrogens with one attached hydrogen (secondary N) is 1. The molecule has 3 aromatic rings. The quantitative estimate of drug-likeness (QED) is 0.756. The van der Waals surface area contributed by atoms with Crippen LogP contribution in [0, 0.1) is 0 Å². The molecule has 1 aromatic heterocycles. The number of aromatic nitrogens is 2.